The quantitative estimate of drug-likeness (QED) is 0.497. The van der Waals surface area contributed by atoms with Gasteiger partial charge in [-0.25, -0.2) is 4.79 Å². The van der Waals surface area contributed by atoms with E-state index in [1.807, 2.05) is 13.0 Å². The van der Waals surface area contributed by atoms with Crippen LogP contribution in [-0.4, -0.2) is 40.7 Å². The van der Waals surface area contributed by atoms with Crippen molar-refractivity contribution in [3.8, 4) is 28.3 Å². The molecule has 0 atom stereocenters. The largest absolute Gasteiger partial charge is 0.508 e. The van der Waals surface area contributed by atoms with Crippen molar-refractivity contribution in [1.82, 2.24) is 15.3 Å². The lowest BCUT2D eigenvalue weighted by Crippen LogP contribution is -2.27. The molecule has 0 fully saturated rings. The molecule has 7 heteroatoms. The Morgan fingerprint density at radius 2 is 1.97 bits per heavy atom. The number of hydrogen-bond acceptors (Lipinski definition) is 5. The predicted octanol–water partition coefficient (Wildman–Crippen LogP) is 3.27. The van der Waals surface area contributed by atoms with E-state index in [0.717, 1.165) is 12.0 Å². The van der Waals surface area contributed by atoms with Crippen LogP contribution in [0.15, 0.2) is 53.3 Å². The summed E-state index contributed by atoms with van der Waals surface area (Å²) in [5.74, 6) is -0.0228. The Balaban J connectivity index is 1.83. The zero-order valence-corrected chi connectivity index (χ0v) is 17.1. The zero-order valence-electron chi connectivity index (χ0n) is 17.1. The first-order valence-corrected chi connectivity index (χ1v) is 9.85. The average molecular weight is 407 g/mol. The molecule has 0 saturated carbocycles. The molecular weight excluding hydrogens is 382 g/mol. The summed E-state index contributed by atoms with van der Waals surface area (Å²) in [7, 11) is 0. The molecule has 1 heterocycles. The third-order valence-corrected chi connectivity index (χ3v) is 4.55. The number of nitrogens with zero attached hydrogens (tertiary/aromatic N) is 1. The second-order valence-electron chi connectivity index (χ2n) is 6.94. The van der Waals surface area contributed by atoms with Crippen molar-refractivity contribution in [3.63, 3.8) is 0 Å². The fourth-order valence-electron chi connectivity index (χ4n) is 2.99. The number of aromatic nitrogens is 2. The van der Waals surface area contributed by atoms with Gasteiger partial charge in [-0.3, -0.25) is 4.79 Å². The maximum atomic E-state index is 12.4. The molecule has 2 aromatic carbocycles. The molecule has 0 aliphatic heterocycles. The minimum atomic E-state index is -0.490. The van der Waals surface area contributed by atoms with Gasteiger partial charge in [0.2, 0.25) is 0 Å². The molecule has 0 radical (unpaired) electrons. The third-order valence-electron chi connectivity index (χ3n) is 4.55. The number of ether oxygens (including phenoxy) is 1. The summed E-state index contributed by atoms with van der Waals surface area (Å²) in [6.07, 6.45) is 0.936. The van der Waals surface area contributed by atoms with Crippen molar-refractivity contribution in [2.45, 2.75) is 20.3 Å². The van der Waals surface area contributed by atoms with E-state index in [1.54, 1.807) is 49.4 Å². The van der Waals surface area contributed by atoms with Gasteiger partial charge in [-0.1, -0.05) is 19.1 Å². The average Bonchev–Trinajstić information content (AvgIpc) is 2.75. The number of aromatic amines is 1. The number of aryl methyl sites for hydroxylation is 1. The van der Waals surface area contributed by atoms with Crippen molar-refractivity contribution < 1.29 is 14.6 Å². The Bertz CT molecular complexity index is 1090. The molecule has 3 aromatic rings. The maximum absolute atomic E-state index is 12.4. The lowest BCUT2D eigenvalue weighted by Gasteiger charge is -2.09. The maximum Gasteiger partial charge on any atom is 0.345 e. The molecule has 0 unspecified atom stereocenters. The minimum Gasteiger partial charge on any atom is -0.508 e. The second kappa shape index (κ2) is 9.84. The van der Waals surface area contributed by atoms with Gasteiger partial charge < -0.3 is 20.1 Å². The number of aromatic hydroxyl groups is 1. The normalized spacial score (nSPS) is 10.7. The third kappa shape index (κ3) is 5.33. The van der Waals surface area contributed by atoms with E-state index in [1.165, 1.54) is 0 Å². The first-order valence-electron chi connectivity index (χ1n) is 9.85. The highest BCUT2D eigenvalue weighted by atomic mass is 16.5. The van der Waals surface area contributed by atoms with Gasteiger partial charge >= 0.3 is 5.69 Å². The lowest BCUT2D eigenvalue weighted by atomic mass is 10.0. The van der Waals surface area contributed by atoms with Gasteiger partial charge in [0.25, 0.3) is 5.91 Å². The van der Waals surface area contributed by atoms with Gasteiger partial charge in [-0.05, 0) is 60.9 Å². The van der Waals surface area contributed by atoms with E-state index in [-0.39, 0.29) is 11.7 Å². The van der Waals surface area contributed by atoms with Gasteiger partial charge in [0.15, 0.2) is 0 Å². The monoisotopic (exact) mass is 407 g/mol. The predicted molar refractivity (Wildman–Crippen MR) is 116 cm³/mol. The summed E-state index contributed by atoms with van der Waals surface area (Å²) in [5, 5.41) is 12.6. The van der Waals surface area contributed by atoms with Crippen LogP contribution in [-0.2, 0) is 4.74 Å². The molecule has 0 spiro atoms. The molecular formula is C23H25N3O4. The van der Waals surface area contributed by atoms with Gasteiger partial charge in [-0.2, -0.15) is 4.98 Å². The van der Waals surface area contributed by atoms with Crippen molar-refractivity contribution in [2.24, 2.45) is 0 Å². The van der Waals surface area contributed by atoms with Crippen LogP contribution in [0.3, 0.4) is 0 Å². The van der Waals surface area contributed by atoms with Crippen LogP contribution in [0.1, 0.15) is 29.3 Å². The molecule has 0 saturated heterocycles. The van der Waals surface area contributed by atoms with E-state index < -0.39 is 5.69 Å². The van der Waals surface area contributed by atoms with Gasteiger partial charge in [0.05, 0.1) is 18.0 Å². The number of rotatable bonds is 8. The van der Waals surface area contributed by atoms with E-state index in [2.05, 4.69) is 15.3 Å². The molecule has 1 amide bonds. The second-order valence-corrected chi connectivity index (χ2v) is 6.94. The van der Waals surface area contributed by atoms with Crippen LogP contribution in [0.2, 0.25) is 0 Å². The minimum absolute atomic E-state index is 0.183. The number of H-pyrrole nitrogens is 1. The fourth-order valence-corrected chi connectivity index (χ4v) is 2.99. The molecule has 30 heavy (non-hydrogen) atoms. The molecule has 156 valence electrons. The molecule has 1 aromatic heterocycles. The summed E-state index contributed by atoms with van der Waals surface area (Å²) in [6.45, 7) is 5.37. The first kappa shape index (κ1) is 21.3. The van der Waals surface area contributed by atoms with Crippen molar-refractivity contribution >= 4 is 5.91 Å². The van der Waals surface area contributed by atoms with E-state index in [9.17, 15) is 14.7 Å². The molecule has 3 rings (SSSR count). The zero-order chi connectivity index (χ0) is 21.5. The number of phenolic OH excluding ortho intramolecular Hbond substituents is 1. The summed E-state index contributed by atoms with van der Waals surface area (Å²) >= 11 is 0. The summed E-state index contributed by atoms with van der Waals surface area (Å²) < 4.78 is 5.37. The van der Waals surface area contributed by atoms with Gasteiger partial charge in [0, 0.05) is 24.3 Å². The van der Waals surface area contributed by atoms with Gasteiger partial charge in [-0.15, -0.1) is 0 Å². The highest BCUT2D eigenvalue weighted by Gasteiger charge is 2.10. The standard InChI is InChI=1S/C23H25N3O4/c1-3-10-30-11-9-24-22(28)18-6-4-5-16(13-18)19-14-20(26-23(29)25-19)17-7-8-21(27)15(2)12-17/h4-8,12-14,27H,3,9-11H2,1-2H3,(H,24,28)(H,25,26,29). The van der Waals surface area contributed by atoms with Crippen LogP contribution in [0, 0.1) is 6.92 Å². The molecule has 0 bridgehead atoms. The van der Waals surface area contributed by atoms with E-state index >= 15 is 0 Å². The van der Waals surface area contributed by atoms with Crippen molar-refractivity contribution in [2.75, 3.05) is 19.8 Å². The van der Waals surface area contributed by atoms with Crippen LogP contribution in [0.25, 0.3) is 22.5 Å². The molecule has 3 N–H and O–H groups in total. The van der Waals surface area contributed by atoms with Crippen LogP contribution in [0.5, 0.6) is 5.75 Å². The molecule has 0 aliphatic rings. The Labute approximate surface area is 174 Å². The molecule has 7 nitrogen and oxygen atoms in total. The Kier molecular flexibility index (Phi) is 6.98. The number of carbonyl (C=O) groups is 1. The summed E-state index contributed by atoms with van der Waals surface area (Å²) in [4.78, 5) is 31.3. The molecule has 0 aliphatic carbocycles. The highest BCUT2D eigenvalue weighted by Crippen LogP contribution is 2.26. The van der Waals surface area contributed by atoms with E-state index in [4.69, 9.17) is 4.74 Å². The number of hydrogen-bond donors (Lipinski definition) is 3. The van der Waals surface area contributed by atoms with Crippen LogP contribution in [0.4, 0.5) is 0 Å². The SMILES string of the molecule is CCCOCCNC(=O)c1cccc(-c2cc(-c3ccc(O)c(C)c3)nc(=O)[nH]2)c1. The number of nitrogens with one attached hydrogen (secondary N) is 2. The Morgan fingerprint density at radius 1 is 1.13 bits per heavy atom. The van der Waals surface area contributed by atoms with Gasteiger partial charge in [0.1, 0.15) is 5.75 Å². The number of carbonyl (C=O) groups excluding carboxylic acids is 1. The van der Waals surface area contributed by atoms with E-state index in [0.29, 0.717) is 47.8 Å². The highest BCUT2D eigenvalue weighted by molar-refractivity contribution is 5.95. The Morgan fingerprint density at radius 3 is 2.73 bits per heavy atom. The van der Waals surface area contributed by atoms with Crippen LogP contribution >= 0.6 is 0 Å². The Hall–Kier alpha value is -3.45. The van der Waals surface area contributed by atoms with Crippen molar-refractivity contribution in [1.29, 1.82) is 0 Å². The topological polar surface area (TPSA) is 104 Å². The number of amides is 1. The first-order chi connectivity index (χ1) is 14.5. The lowest BCUT2D eigenvalue weighted by molar-refractivity contribution is 0.0915. The smallest absolute Gasteiger partial charge is 0.345 e. The summed E-state index contributed by atoms with van der Waals surface area (Å²) in [6, 6.07) is 13.8. The number of benzene rings is 2. The summed E-state index contributed by atoms with van der Waals surface area (Å²) in [5.41, 5.74) is 3.15. The van der Waals surface area contributed by atoms with Crippen LogP contribution < -0.4 is 11.0 Å². The fraction of sp³-hybridized carbons (Fsp3) is 0.261. The van der Waals surface area contributed by atoms with Crippen molar-refractivity contribution in [3.05, 3.63) is 70.1 Å². The number of phenols is 1.